The summed E-state index contributed by atoms with van der Waals surface area (Å²) in [4.78, 5) is 16.6. The van der Waals surface area contributed by atoms with Gasteiger partial charge < -0.3 is 5.32 Å². The summed E-state index contributed by atoms with van der Waals surface area (Å²) in [5.74, 6) is 7.82. The molecule has 0 aliphatic carbocycles. The quantitative estimate of drug-likeness (QED) is 0.374. The lowest BCUT2D eigenvalue weighted by Crippen LogP contribution is -2.16. The zero-order chi connectivity index (χ0) is 14.2. The first-order valence-corrected chi connectivity index (χ1v) is 7.66. The minimum Gasteiger partial charge on any atom is -0.354 e. The van der Waals surface area contributed by atoms with E-state index < -0.39 is 0 Å². The molecule has 20 heavy (non-hydrogen) atoms. The smallest absolute Gasteiger partial charge is 0.243 e. The van der Waals surface area contributed by atoms with Gasteiger partial charge in [-0.1, -0.05) is 0 Å². The second-order valence-electron chi connectivity index (χ2n) is 4.02. The van der Waals surface area contributed by atoms with Crippen molar-refractivity contribution in [3.05, 3.63) is 18.7 Å². The van der Waals surface area contributed by atoms with Gasteiger partial charge in [-0.05, 0) is 24.9 Å². The fourth-order valence-corrected chi connectivity index (χ4v) is 2.07. The lowest BCUT2D eigenvalue weighted by Gasteiger charge is -2.08. The highest BCUT2D eigenvalue weighted by molar-refractivity contribution is 7.98. The average Bonchev–Trinajstić information content (AvgIpc) is 3.01. The number of nitrogens with two attached hydrogens (primary N) is 1. The number of imidazole rings is 1. The Morgan fingerprint density at radius 3 is 2.80 bits per heavy atom. The summed E-state index contributed by atoms with van der Waals surface area (Å²) in [6.45, 7) is 0.817. The highest BCUT2D eigenvalue weighted by Crippen LogP contribution is 2.08. The van der Waals surface area contributed by atoms with E-state index in [0.29, 0.717) is 17.8 Å². The van der Waals surface area contributed by atoms with Crippen LogP contribution in [0.15, 0.2) is 18.7 Å². The van der Waals surface area contributed by atoms with Crippen molar-refractivity contribution in [2.45, 2.75) is 12.8 Å². The fraction of sp³-hybridized carbons (Fsp3) is 0.455. The molecule has 4 N–H and O–H groups in total. The predicted molar refractivity (Wildman–Crippen MR) is 80.9 cm³/mol. The zero-order valence-corrected chi connectivity index (χ0v) is 12.1. The number of hydrogen-bond acceptors (Lipinski definition) is 8. The van der Waals surface area contributed by atoms with E-state index in [2.05, 4.69) is 36.9 Å². The van der Waals surface area contributed by atoms with Crippen molar-refractivity contribution in [3.8, 4) is 5.95 Å². The SMILES string of the molecule is CSCCCCNc1nc(NN)nc(-n2ccnc2)n1. The summed E-state index contributed by atoms with van der Waals surface area (Å²) < 4.78 is 1.70. The van der Waals surface area contributed by atoms with Crippen molar-refractivity contribution in [1.29, 1.82) is 0 Å². The molecule has 2 aromatic heterocycles. The molecule has 108 valence electrons. The standard InChI is InChI=1S/C11H18N8S/c1-20-7-3-2-4-14-9-15-10(18-12)17-11(16-9)19-6-5-13-8-19/h5-6,8H,2-4,7,12H2,1H3,(H2,14,15,16,17,18). The molecule has 0 amide bonds. The van der Waals surface area contributed by atoms with Crippen LogP contribution in [0.3, 0.4) is 0 Å². The molecule has 0 bridgehead atoms. The summed E-state index contributed by atoms with van der Waals surface area (Å²) in [7, 11) is 0. The highest BCUT2D eigenvalue weighted by atomic mass is 32.2. The Balaban J connectivity index is 2.03. The molecule has 2 rings (SSSR count). The topological polar surface area (TPSA) is 107 Å². The van der Waals surface area contributed by atoms with Gasteiger partial charge in [0.15, 0.2) is 0 Å². The maximum atomic E-state index is 5.38. The van der Waals surface area contributed by atoms with Gasteiger partial charge in [-0.3, -0.25) is 9.99 Å². The molecule has 2 aromatic rings. The molecular weight excluding hydrogens is 276 g/mol. The molecule has 0 saturated heterocycles. The fourth-order valence-electron chi connectivity index (χ4n) is 1.57. The number of unbranched alkanes of at least 4 members (excludes halogenated alkanes) is 1. The Bertz CT molecular complexity index is 515. The molecule has 9 heteroatoms. The Morgan fingerprint density at radius 2 is 2.10 bits per heavy atom. The van der Waals surface area contributed by atoms with E-state index in [1.54, 1.807) is 23.3 Å². The van der Waals surface area contributed by atoms with Gasteiger partial charge in [0, 0.05) is 18.9 Å². The monoisotopic (exact) mass is 294 g/mol. The van der Waals surface area contributed by atoms with Crippen LogP contribution in [0.5, 0.6) is 0 Å². The Kier molecular flexibility index (Phi) is 5.56. The van der Waals surface area contributed by atoms with Gasteiger partial charge in [0.1, 0.15) is 6.33 Å². The van der Waals surface area contributed by atoms with Crippen molar-refractivity contribution in [2.75, 3.05) is 29.3 Å². The maximum absolute atomic E-state index is 5.38. The van der Waals surface area contributed by atoms with E-state index in [-0.39, 0.29) is 0 Å². The van der Waals surface area contributed by atoms with Crippen LogP contribution in [0.4, 0.5) is 11.9 Å². The lowest BCUT2D eigenvalue weighted by molar-refractivity contribution is 0.824. The van der Waals surface area contributed by atoms with Crippen LogP contribution in [0, 0.1) is 0 Å². The normalized spacial score (nSPS) is 10.5. The maximum Gasteiger partial charge on any atom is 0.243 e. The third-order valence-corrected chi connectivity index (χ3v) is 3.24. The van der Waals surface area contributed by atoms with Crippen LogP contribution in [-0.4, -0.2) is 43.1 Å². The minimum atomic E-state index is 0.315. The third kappa shape index (κ3) is 4.07. The van der Waals surface area contributed by atoms with Crippen LogP contribution in [0.2, 0.25) is 0 Å². The first kappa shape index (κ1) is 14.5. The lowest BCUT2D eigenvalue weighted by atomic mass is 10.3. The second-order valence-corrected chi connectivity index (χ2v) is 5.01. The molecular formula is C11H18N8S. The minimum absolute atomic E-state index is 0.315. The molecule has 0 unspecified atom stereocenters. The number of aromatic nitrogens is 5. The van der Waals surface area contributed by atoms with Gasteiger partial charge in [-0.15, -0.1) is 0 Å². The first-order valence-electron chi connectivity index (χ1n) is 6.27. The number of nitrogens with one attached hydrogen (secondary N) is 2. The van der Waals surface area contributed by atoms with Crippen LogP contribution in [-0.2, 0) is 0 Å². The van der Waals surface area contributed by atoms with Crippen molar-refractivity contribution >= 4 is 23.7 Å². The van der Waals surface area contributed by atoms with Gasteiger partial charge in [0.25, 0.3) is 0 Å². The van der Waals surface area contributed by atoms with Crippen LogP contribution in [0.1, 0.15) is 12.8 Å². The molecule has 2 heterocycles. The number of anilines is 2. The molecule has 0 aliphatic rings. The Hall–Kier alpha value is -1.87. The molecule has 8 nitrogen and oxygen atoms in total. The van der Waals surface area contributed by atoms with Gasteiger partial charge in [-0.2, -0.15) is 26.7 Å². The van der Waals surface area contributed by atoms with Gasteiger partial charge >= 0.3 is 0 Å². The molecule has 0 fully saturated rings. The number of thioether (sulfide) groups is 1. The van der Waals surface area contributed by atoms with E-state index in [4.69, 9.17) is 5.84 Å². The number of nitrogens with zero attached hydrogens (tertiary/aromatic N) is 5. The molecule has 0 radical (unpaired) electrons. The third-order valence-electron chi connectivity index (χ3n) is 2.55. The summed E-state index contributed by atoms with van der Waals surface area (Å²) >= 11 is 1.85. The average molecular weight is 294 g/mol. The molecule has 0 spiro atoms. The Labute approximate surface area is 121 Å². The van der Waals surface area contributed by atoms with Crippen molar-refractivity contribution in [2.24, 2.45) is 5.84 Å². The van der Waals surface area contributed by atoms with Crippen molar-refractivity contribution in [3.63, 3.8) is 0 Å². The van der Waals surface area contributed by atoms with E-state index >= 15 is 0 Å². The first-order chi connectivity index (χ1) is 9.83. The summed E-state index contributed by atoms with van der Waals surface area (Å²) in [5, 5.41) is 3.18. The second kappa shape index (κ2) is 7.65. The highest BCUT2D eigenvalue weighted by Gasteiger charge is 2.06. The largest absolute Gasteiger partial charge is 0.354 e. The summed E-state index contributed by atoms with van der Waals surface area (Å²) in [6, 6.07) is 0. The van der Waals surface area contributed by atoms with Crippen LogP contribution < -0.4 is 16.6 Å². The van der Waals surface area contributed by atoms with E-state index in [0.717, 1.165) is 25.1 Å². The van der Waals surface area contributed by atoms with Gasteiger partial charge in [-0.25, -0.2) is 10.8 Å². The number of hydrazine groups is 1. The number of nitrogen functional groups attached to an aromatic ring is 1. The molecule has 0 saturated carbocycles. The number of rotatable bonds is 8. The van der Waals surface area contributed by atoms with Gasteiger partial charge in [0.2, 0.25) is 17.8 Å². The van der Waals surface area contributed by atoms with Crippen molar-refractivity contribution in [1.82, 2.24) is 24.5 Å². The van der Waals surface area contributed by atoms with E-state index in [9.17, 15) is 0 Å². The Morgan fingerprint density at radius 1 is 1.25 bits per heavy atom. The molecule has 0 aliphatic heterocycles. The summed E-state index contributed by atoms with van der Waals surface area (Å²) in [6.07, 6.45) is 9.38. The van der Waals surface area contributed by atoms with Crippen molar-refractivity contribution < 1.29 is 0 Å². The molecule has 0 aromatic carbocycles. The molecule has 0 atom stereocenters. The van der Waals surface area contributed by atoms with E-state index in [1.807, 2.05) is 11.8 Å². The van der Waals surface area contributed by atoms with Gasteiger partial charge in [0.05, 0.1) is 0 Å². The van der Waals surface area contributed by atoms with Crippen LogP contribution in [0.25, 0.3) is 5.95 Å². The number of hydrogen-bond donors (Lipinski definition) is 3. The zero-order valence-electron chi connectivity index (χ0n) is 11.3. The van der Waals surface area contributed by atoms with Crippen LogP contribution >= 0.6 is 11.8 Å². The van der Waals surface area contributed by atoms with E-state index in [1.165, 1.54) is 0 Å². The predicted octanol–water partition coefficient (Wildman–Crippen LogP) is 0.898. The summed E-state index contributed by atoms with van der Waals surface area (Å²) in [5.41, 5.74) is 2.44.